The van der Waals surface area contributed by atoms with E-state index < -0.39 is 11.6 Å². The summed E-state index contributed by atoms with van der Waals surface area (Å²) in [6.07, 6.45) is 1.86. The van der Waals surface area contributed by atoms with Crippen LogP contribution in [0.15, 0.2) is 58.7 Å². The van der Waals surface area contributed by atoms with Crippen molar-refractivity contribution < 1.29 is 19.1 Å². The summed E-state index contributed by atoms with van der Waals surface area (Å²) in [5.41, 5.74) is 0.286. The number of aromatic nitrogens is 5. The Kier molecular flexibility index (Phi) is 8.52. The molecule has 2 amide bonds. The lowest BCUT2D eigenvalue weighted by Gasteiger charge is -2.27. The molecule has 4 N–H and O–H groups in total. The van der Waals surface area contributed by atoms with Crippen LogP contribution in [0, 0.1) is 6.92 Å². The van der Waals surface area contributed by atoms with Crippen molar-refractivity contribution in [2.75, 3.05) is 50.0 Å². The van der Waals surface area contributed by atoms with Crippen molar-refractivity contribution in [3.63, 3.8) is 0 Å². The average molecular weight is 582 g/mol. The van der Waals surface area contributed by atoms with Crippen molar-refractivity contribution in [1.29, 1.82) is 0 Å². The number of carbonyl (C=O) groups is 2. The first kappa shape index (κ1) is 28.5. The first-order valence-corrected chi connectivity index (χ1v) is 14.1. The molecule has 5 rings (SSSR count). The van der Waals surface area contributed by atoms with Crippen LogP contribution < -0.4 is 10.6 Å². The molecule has 41 heavy (non-hydrogen) atoms. The van der Waals surface area contributed by atoms with Gasteiger partial charge in [0.15, 0.2) is 11.6 Å². The van der Waals surface area contributed by atoms with Crippen LogP contribution in [0.1, 0.15) is 19.0 Å². The Balaban J connectivity index is 1.18. The molecule has 0 radical (unpaired) electrons. The minimum atomic E-state index is -2.05. The smallest absolute Gasteiger partial charge is 0.261 e. The molecule has 0 bridgehead atoms. The second kappa shape index (κ2) is 12.2. The fraction of sp³-hybridized carbons (Fsp3) is 0.370. The predicted octanol–water partition coefficient (Wildman–Crippen LogP) is 2.85. The monoisotopic (exact) mass is 581 g/mol. The number of carbonyl (C=O) groups excluding carboxylic acids is 2. The van der Waals surface area contributed by atoms with E-state index >= 15 is 4.39 Å². The SMILES string of the molecule is CCN(CCO)C(=O)[C@@]1(F)CCN(CC(=O)Nc2ccc(Sc3nc(Nc4cc(C)[nH]n4)c4cccn4n3)cc2)C1. The molecule has 0 unspecified atom stereocenters. The van der Waals surface area contributed by atoms with E-state index in [4.69, 9.17) is 5.11 Å². The average Bonchev–Trinajstić information content (AvgIpc) is 3.68. The molecule has 1 aliphatic rings. The van der Waals surface area contributed by atoms with E-state index in [9.17, 15) is 9.59 Å². The molecular formula is C27H32FN9O3S. The largest absolute Gasteiger partial charge is 0.395 e. The number of amides is 2. The number of likely N-dealkylation sites (N-methyl/N-ethyl adjacent to an activating group) is 1. The van der Waals surface area contributed by atoms with Gasteiger partial charge in [0.1, 0.15) is 5.52 Å². The van der Waals surface area contributed by atoms with Gasteiger partial charge in [-0.2, -0.15) is 5.10 Å². The Morgan fingerprint density at radius 1 is 1.27 bits per heavy atom. The van der Waals surface area contributed by atoms with Crippen LogP contribution in [0.5, 0.6) is 0 Å². The summed E-state index contributed by atoms with van der Waals surface area (Å²) in [6.45, 7) is 3.96. The highest BCUT2D eigenvalue weighted by Gasteiger charge is 2.47. The van der Waals surface area contributed by atoms with E-state index in [-0.39, 0.29) is 38.6 Å². The number of alkyl halides is 1. The van der Waals surface area contributed by atoms with Gasteiger partial charge >= 0.3 is 0 Å². The number of hydrogen-bond donors (Lipinski definition) is 4. The summed E-state index contributed by atoms with van der Waals surface area (Å²) in [4.78, 5) is 33.8. The first-order chi connectivity index (χ1) is 19.8. The molecular weight excluding hydrogens is 549 g/mol. The number of likely N-dealkylation sites (tertiary alicyclic amines) is 1. The number of anilines is 3. The molecule has 1 fully saturated rings. The predicted molar refractivity (Wildman–Crippen MR) is 153 cm³/mol. The maximum absolute atomic E-state index is 15.4. The Bertz CT molecular complexity index is 1530. The highest BCUT2D eigenvalue weighted by molar-refractivity contribution is 7.99. The number of aromatic amines is 1. The third kappa shape index (κ3) is 6.66. The number of fused-ring (bicyclic) bond motifs is 1. The van der Waals surface area contributed by atoms with E-state index in [1.54, 1.807) is 28.5 Å². The minimum Gasteiger partial charge on any atom is -0.395 e. The molecule has 216 valence electrons. The summed E-state index contributed by atoms with van der Waals surface area (Å²) >= 11 is 1.37. The second-order valence-corrected chi connectivity index (χ2v) is 10.9. The summed E-state index contributed by atoms with van der Waals surface area (Å²) in [6, 6.07) is 13.0. The van der Waals surface area contributed by atoms with Crippen LogP contribution in [-0.4, -0.2) is 96.5 Å². The number of aryl methyl sites for hydroxylation is 1. The molecule has 0 saturated carbocycles. The maximum Gasteiger partial charge on any atom is 0.261 e. The van der Waals surface area contributed by atoms with Crippen molar-refractivity contribution in [2.45, 2.75) is 36.0 Å². The normalized spacial score (nSPS) is 17.2. The van der Waals surface area contributed by atoms with Crippen LogP contribution in [0.3, 0.4) is 0 Å². The van der Waals surface area contributed by atoms with Gasteiger partial charge < -0.3 is 20.6 Å². The third-order valence-corrected chi connectivity index (χ3v) is 7.62. The number of nitrogens with one attached hydrogen (secondary N) is 3. The van der Waals surface area contributed by atoms with Crippen LogP contribution >= 0.6 is 11.8 Å². The lowest BCUT2D eigenvalue weighted by atomic mass is 10.0. The van der Waals surface area contributed by atoms with Crippen molar-refractivity contribution in [3.8, 4) is 0 Å². The van der Waals surface area contributed by atoms with Crippen LogP contribution in [0.4, 0.5) is 21.7 Å². The fourth-order valence-electron chi connectivity index (χ4n) is 4.73. The molecule has 12 nitrogen and oxygen atoms in total. The number of rotatable bonds is 11. The van der Waals surface area contributed by atoms with Gasteiger partial charge in [-0.05, 0) is 62.0 Å². The van der Waals surface area contributed by atoms with Crippen molar-refractivity contribution in [1.82, 2.24) is 34.6 Å². The fourth-order valence-corrected chi connectivity index (χ4v) is 5.48. The first-order valence-electron chi connectivity index (χ1n) is 13.3. The molecule has 4 heterocycles. The van der Waals surface area contributed by atoms with Crippen LogP contribution in [-0.2, 0) is 9.59 Å². The van der Waals surface area contributed by atoms with Crippen molar-refractivity contribution in [2.24, 2.45) is 0 Å². The Morgan fingerprint density at radius 2 is 2.07 bits per heavy atom. The Labute approximate surface area is 240 Å². The van der Waals surface area contributed by atoms with E-state index in [0.717, 1.165) is 16.1 Å². The van der Waals surface area contributed by atoms with Gasteiger partial charge in [-0.25, -0.2) is 13.9 Å². The molecule has 1 atom stereocenters. The molecule has 1 saturated heterocycles. The summed E-state index contributed by atoms with van der Waals surface area (Å²) < 4.78 is 17.1. The molecule has 1 aromatic carbocycles. The molecule has 3 aromatic heterocycles. The van der Waals surface area contributed by atoms with Crippen molar-refractivity contribution in [3.05, 3.63) is 54.4 Å². The van der Waals surface area contributed by atoms with Gasteiger partial charge in [-0.3, -0.25) is 19.6 Å². The van der Waals surface area contributed by atoms with Crippen molar-refractivity contribution >= 4 is 46.4 Å². The number of halogens is 1. The van der Waals surface area contributed by atoms with Gasteiger partial charge in [0.05, 0.1) is 13.2 Å². The highest BCUT2D eigenvalue weighted by atomic mass is 32.2. The van der Waals surface area contributed by atoms with Gasteiger partial charge in [-0.15, -0.1) is 5.10 Å². The van der Waals surface area contributed by atoms with E-state index in [2.05, 4.69) is 30.9 Å². The Hall–Kier alpha value is -4.01. The standard InChI is InChI=1S/C27H32FN9O3S/c1-3-36(13-14-38)25(40)27(28)10-12-35(17-27)16-23(39)29-19-6-8-20(9-7-19)41-26-31-24(21-5-4-11-37(21)34-26)30-22-15-18(2)32-33-22/h4-9,11,15,38H,3,10,12-14,16-17H2,1-2H3,(H,29,39)(H2,30,31,32,33,34)/t27-/m1/s1. The summed E-state index contributed by atoms with van der Waals surface area (Å²) in [5, 5.41) is 27.4. The molecule has 0 aliphatic carbocycles. The van der Waals surface area contributed by atoms with Gasteiger partial charge in [0.25, 0.3) is 5.91 Å². The zero-order valence-electron chi connectivity index (χ0n) is 22.8. The zero-order chi connectivity index (χ0) is 29.0. The number of aliphatic hydroxyl groups is 1. The molecule has 1 aliphatic heterocycles. The number of benzene rings is 1. The topological polar surface area (TPSA) is 144 Å². The Morgan fingerprint density at radius 3 is 2.78 bits per heavy atom. The van der Waals surface area contributed by atoms with E-state index in [0.29, 0.717) is 35.6 Å². The van der Waals surface area contributed by atoms with Gasteiger partial charge in [0, 0.05) is 61.1 Å². The number of hydrogen-bond acceptors (Lipinski definition) is 9. The lowest BCUT2D eigenvalue weighted by Crippen LogP contribution is -2.49. The summed E-state index contributed by atoms with van der Waals surface area (Å²) in [5.74, 6) is 0.349. The molecule has 14 heteroatoms. The highest BCUT2D eigenvalue weighted by Crippen LogP contribution is 2.30. The third-order valence-electron chi connectivity index (χ3n) is 6.76. The molecule has 0 spiro atoms. The number of nitrogens with zero attached hydrogens (tertiary/aromatic N) is 6. The van der Waals surface area contributed by atoms with E-state index in [1.165, 1.54) is 16.7 Å². The second-order valence-electron chi connectivity index (χ2n) is 9.85. The van der Waals surface area contributed by atoms with E-state index in [1.807, 2.05) is 43.5 Å². The minimum absolute atomic E-state index is 0.0163. The summed E-state index contributed by atoms with van der Waals surface area (Å²) in [7, 11) is 0. The molecule has 4 aromatic rings. The number of aliphatic hydroxyl groups excluding tert-OH is 1. The lowest BCUT2D eigenvalue weighted by molar-refractivity contribution is -0.143. The zero-order valence-corrected chi connectivity index (χ0v) is 23.6. The maximum atomic E-state index is 15.4. The van der Waals surface area contributed by atoms with Crippen LogP contribution in [0.25, 0.3) is 5.52 Å². The number of H-pyrrole nitrogens is 1. The van der Waals surface area contributed by atoms with Gasteiger partial charge in [-0.1, -0.05) is 0 Å². The van der Waals surface area contributed by atoms with Gasteiger partial charge in [0.2, 0.25) is 16.7 Å². The van der Waals surface area contributed by atoms with Crippen LogP contribution in [0.2, 0.25) is 0 Å². The quantitative estimate of drug-likeness (QED) is 0.210.